The van der Waals surface area contributed by atoms with E-state index in [0.717, 1.165) is 11.1 Å². The van der Waals surface area contributed by atoms with E-state index in [-0.39, 0.29) is 0 Å². The Kier molecular flexibility index (Phi) is 4.48. The molecule has 2 N–H and O–H groups in total. The zero-order chi connectivity index (χ0) is 20.8. The van der Waals surface area contributed by atoms with Crippen molar-refractivity contribution in [3.05, 3.63) is 60.7 Å². The molecule has 0 aliphatic heterocycles. The van der Waals surface area contributed by atoms with Crippen LogP contribution in [0.5, 0.6) is 0 Å². The molecule has 0 aliphatic rings. The number of fused-ring (bicyclic) bond motifs is 1. The van der Waals surface area contributed by atoms with Gasteiger partial charge in [0.2, 0.25) is 0 Å². The normalized spacial score (nSPS) is 14.1. The molecule has 0 saturated heterocycles. The highest BCUT2D eigenvalue weighted by atomic mass is 32.2. The van der Waals surface area contributed by atoms with Crippen LogP contribution in [-0.2, 0) is 15.3 Å². The summed E-state index contributed by atoms with van der Waals surface area (Å²) in [5.41, 5.74) is 2.79. The molecule has 3 aromatic heterocycles. The second-order valence-corrected chi connectivity index (χ2v) is 9.56. The second-order valence-electron chi connectivity index (χ2n) is 7.40. The lowest BCUT2D eigenvalue weighted by Gasteiger charge is -2.16. The van der Waals surface area contributed by atoms with Crippen LogP contribution >= 0.6 is 0 Å². The van der Waals surface area contributed by atoms with E-state index in [1.165, 1.54) is 12.6 Å². The van der Waals surface area contributed by atoms with Crippen LogP contribution in [-0.4, -0.2) is 30.5 Å². The molecule has 8 heteroatoms. The first kappa shape index (κ1) is 19.2. The number of hydrogen-bond donors (Lipinski definition) is 2. The van der Waals surface area contributed by atoms with E-state index >= 15 is 0 Å². The van der Waals surface area contributed by atoms with Crippen molar-refractivity contribution in [2.75, 3.05) is 6.26 Å². The Morgan fingerprint density at radius 1 is 1.03 bits per heavy atom. The number of aromatic nitrogens is 3. The highest BCUT2D eigenvalue weighted by Gasteiger charge is 2.20. The standard InChI is InChI=1S/C21H20N4O3S/c1-21(2,26)18-10-14(8-9-23-18)19-20-16(24-12-25-19)11-17(28-20)13-4-6-15(7-5-13)29(3,22)27/h4-12,22,26H,1-3H3/t29-/m1/s1. The lowest BCUT2D eigenvalue weighted by Crippen LogP contribution is -2.17. The van der Waals surface area contributed by atoms with Gasteiger partial charge in [0.05, 0.1) is 15.4 Å². The van der Waals surface area contributed by atoms with Crippen molar-refractivity contribution < 1.29 is 13.7 Å². The predicted molar refractivity (Wildman–Crippen MR) is 111 cm³/mol. The van der Waals surface area contributed by atoms with Crippen LogP contribution in [0.15, 0.2) is 64.3 Å². The second kappa shape index (κ2) is 6.75. The third-order valence-electron chi connectivity index (χ3n) is 4.56. The molecule has 0 radical (unpaired) electrons. The van der Waals surface area contributed by atoms with Crippen molar-refractivity contribution >= 4 is 20.8 Å². The summed E-state index contributed by atoms with van der Waals surface area (Å²) in [6, 6.07) is 12.3. The minimum absolute atomic E-state index is 0.466. The summed E-state index contributed by atoms with van der Waals surface area (Å²) in [4.78, 5) is 13.4. The van der Waals surface area contributed by atoms with E-state index in [1.807, 2.05) is 6.07 Å². The first-order valence-corrected chi connectivity index (χ1v) is 10.9. The first-order chi connectivity index (χ1) is 13.6. The Bertz CT molecular complexity index is 1300. The molecule has 148 valence electrons. The molecular formula is C21H20N4O3S. The van der Waals surface area contributed by atoms with E-state index in [9.17, 15) is 9.32 Å². The Morgan fingerprint density at radius 2 is 1.76 bits per heavy atom. The van der Waals surface area contributed by atoms with Crippen LogP contribution in [0.3, 0.4) is 0 Å². The summed E-state index contributed by atoms with van der Waals surface area (Å²) >= 11 is 0. The third-order valence-corrected chi connectivity index (χ3v) is 5.73. The SMILES string of the molecule is CC(C)(O)c1cc(-c2ncnc3cc(-c4ccc([S@](C)(=N)=O)cc4)oc23)ccn1. The Morgan fingerprint density at radius 3 is 2.41 bits per heavy atom. The zero-order valence-corrected chi connectivity index (χ0v) is 17.0. The molecule has 1 atom stereocenters. The summed E-state index contributed by atoms with van der Waals surface area (Å²) in [5, 5.41) is 10.3. The number of furan rings is 1. The van der Waals surface area contributed by atoms with Crippen molar-refractivity contribution in [1.29, 1.82) is 4.78 Å². The van der Waals surface area contributed by atoms with Gasteiger partial charge in [0, 0.05) is 34.5 Å². The van der Waals surface area contributed by atoms with Crippen LogP contribution in [0.25, 0.3) is 33.7 Å². The van der Waals surface area contributed by atoms with E-state index < -0.39 is 15.3 Å². The lowest BCUT2D eigenvalue weighted by molar-refractivity contribution is 0.0739. The maximum atomic E-state index is 11.9. The summed E-state index contributed by atoms with van der Waals surface area (Å²) in [6.07, 6.45) is 4.49. The van der Waals surface area contributed by atoms with Crippen molar-refractivity contribution in [2.45, 2.75) is 24.3 Å². The monoisotopic (exact) mass is 408 g/mol. The minimum Gasteiger partial charge on any atom is -0.452 e. The van der Waals surface area contributed by atoms with E-state index in [1.54, 1.807) is 56.4 Å². The summed E-state index contributed by atoms with van der Waals surface area (Å²) in [7, 11) is -2.76. The quantitative estimate of drug-likeness (QED) is 0.523. The number of benzene rings is 1. The fourth-order valence-electron chi connectivity index (χ4n) is 2.99. The van der Waals surface area contributed by atoms with Crippen LogP contribution in [0, 0.1) is 4.78 Å². The number of aliphatic hydroxyl groups is 1. The van der Waals surface area contributed by atoms with E-state index in [4.69, 9.17) is 9.20 Å². The molecule has 3 heterocycles. The van der Waals surface area contributed by atoms with Gasteiger partial charge in [-0.2, -0.15) is 0 Å². The average molecular weight is 408 g/mol. The molecule has 0 aliphatic carbocycles. The van der Waals surface area contributed by atoms with Gasteiger partial charge in [-0.1, -0.05) is 12.1 Å². The van der Waals surface area contributed by atoms with Crippen molar-refractivity contribution in [1.82, 2.24) is 15.0 Å². The zero-order valence-electron chi connectivity index (χ0n) is 16.2. The molecular weight excluding hydrogens is 388 g/mol. The Balaban J connectivity index is 1.81. The minimum atomic E-state index is -2.76. The van der Waals surface area contributed by atoms with Gasteiger partial charge >= 0.3 is 0 Å². The molecule has 7 nitrogen and oxygen atoms in total. The van der Waals surface area contributed by atoms with Gasteiger partial charge in [-0.25, -0.2) is 19.0 Å². The molecule has 4 rings (SSSR count). The maximum Gasteiger partial charge on any atom is 0.179 e. The van der Waals surface area contributed by atoms with Gasteiger partial charge in [-0.3, -0.25) is 4.98 Å². The van der Waals surface area contributed by atoms with Crippen LogP contribution < -0.4 is 0 Å². The Labute approximate surface area is 168 Å². The van der Waals surface area contributed by atoms with E-state index in [2.05, 4.69) is 15.0 Å². The van der Waals surface area contributed by atoms with Gasteiger partial charge in [-0.05, 0) is 38.1 Å². The summed E-state index contributed by atoms with van der Waals surface area (Å²) < 4.78 is 25.6. The number of rotatable bonds is 4. The maximum absolute atomic E-state index is 11.9. The highest BCUT2D eigenvalue weighted by molar-refractivity contribution is 7.91. The molecule has 0 fully saturated rings. The summed E-state index contributed by atoms with van der Waals surface area (Å²) in [5.74, 6) is 0.595. The third kappa shape index (κ3) is 3.76. The molecule has 0 bridgehead atoms. The molecule has 0 spiro atoms. The van der Waals surface area contributed by atoms with Gasteiger partial charge in [-0.15, -0.1) is 0 Å². The van der Waals surface area contributed by atoms with Gasteiger partial charge in [0.15, 0.2) is 5.58 Å². The van der Waals surface area contributed by atoms with Gasteiger partial charge in [0.1, 0.15) is 28.9 Å². The lowest BCUT2D eigenvalue weighted by atomic mass is 10.0. The molecule has 0 saturated carbocycles. The molecule has 0 unspecified atom stereocenters. The predicted octanol–water partition coefficient (Wildman–Crippen LogP) is 4.21. The van der Waals surface area contributed by atoms with Crippen molar-refractivity contribution in [2.24, 2.45) is 0 Å². The topological polar surface area (TPSA) is 113 Å². The largest absolute Gasteiger partial charge is 0.452 e. The number of nitrogens with zero attached hydrogens (tertiary/aromatic N) is 3. The molecule has 29 heavy (non-hydrogen) atoms. The molecule has 4 aromatic rings. The Hall–Kier alpha value is -3.10. The number of pyridine rings is 1. The smallest absolute Gasteiger partial charge is 0.179 e. The highest BCUT2D eigenvalue weighted by Crippen LogP contribution is 2.33. The van der Waals surface area contributed by atoms with Crippen molar-refractivity contribution in [3.8, 4) is 22.6 Å². The fraction of sp³-hybridized carbons (Fsp3) is 0.190. The average Bonchev–Trinajstić information content (AvgIpc) is 3.11. The van der Waals surface area contributed by atoms with Gasteiger partial charge < -0.3 is 9.52 Å². The van der Waals surface area contributed by atoms with Crippen LogP contribution in [0.2, 0.25) is 0 Å². The first-order valence-electron chi connectivity index (χ1n) is 8.91. The molecule has 1 aromatic carbocycles. The number of nitrogens with one attached hydrogen (secondary N) is 1. The summed E-state index contributed by atoms with van der Waals surface area (Å²) in [6.45, 7) is 3.35. The molecule has 0 amide bonds. The van der Waals surface area contributed by atoms with Crippen LogP contribution in [0.4, 0.5) is 0 Å². The fourth-order valence-corrected chi connectivity index (χ4v) is 3.65. The van der Waals surface area contributed by atoms with Crippen LogP contribution in [0.1, 0.15) is 19.5 Å². The van der Waals surface area contributed by atoms with E-state index in [0.29, 0.717) is 33.1 Å². The van der Waals surface area contributed by atoms with Crippen molar-refractivity contribution in [3.63, 3.8) is 0 Å². The number of hydrogen-bond acceptors (Lipinski definition) is 7. The van der Waals surface area contributed by atoms with Gasteiger partial charge in [0.25, 0.3) is 0 Å².